The topological polar surface area (TPSA) is 120 Å². The van der Waals surface area contributed by atoms with Crippen LogP contribution in [0.4, 0.5) is 10.5 Å². The number of hydrogen-bond donors (Lipinski definition) is 2. The third kappa shape index (κ3) is 4.99. The maximum atomic E-state index is 13.0. The summed E-state index contributed by atoms with van der Waals surface area (Å²) in [5, 5.41) is 20.8. The second kappa shape index (κ2) is 10.1. The van der Waals surface area contributed by atoms with Crippen LogP contribution in [-0.2, 0) is 14.3 Å². The number of nitrogens with zero attached hydrogens (tertiary/aromatic N) is 2. The number of likely N-dealkylation sites (N-methyl/N-ethyl adjacent to an activating group) is 1. The molecule has 3 aromatic carbocycles. The first-order valence-electron chi connectivity index (χ1n) is 11.0. The van der Waals surface area contributed by atoms with E-state index >= 15 is 0 Å². The summed E-state index contributed by atoms with van der Waals surface area (Å²) in [6, 6.07) is 22.7. The summed E-state index contributed by atoms with van der Waals surface area (Å²) in [5.74, 6) is -2.06. The van der Waals surface area contributed by atoms with Gasteiger partial charge in [0, 0.05) is 18.7 Å². The van der Waals surface area contributed by atoms with Crippen LogP contribution in [0.1, 0.15) is 29.0 Å². The third-order valence-electron chi connectivity index (χ3n) is 6.01. The van der Waals surface area contributed by atoms with Gasteiger partial charge < -0.3 is 20.1 Å². The number of benzene rings is 3. The molecular weight excluding hydrogens is 446 g/mol. The summed E-state index contributed by atoms with van der Waals surface area (Å²) in [6.07, 6.45) is -1.50. The second-order valence-corrected chi connectivity index (χ2v) is 8.18. The molecule has 35 heavy (non-hydrogen) atoms. The van der Waals surface area contributed by atoms with Crippen LogP contribution in [0.15, 0.2) is 72.8 Å². The minimum absolute atomic E-state index is 0.0356. The first-order chi connectivity index (χ1) is 16.9. The molecule has 0 saturated carbocycles. The zero-order valence-corrected chi connectivity index (χ0v) is 19.0. The maximum absolute atomic E-state index is 13.0. The van der Waals surface area contributed by atoms with Crippen LogP contribution in [0.5, 0.6) is 0 Å². The molecule has 8 heteroatoms. The zero-order chi connectivity index (χ0) is 24.9. The van der Waals surface area contributed by atoms with Crippen molar-refractivity contribution in [3.63, 3.8) is 0 Å². The van der Waals surface area contributed by atoms with Gasteiger partial charge in [0.2, 0.25) is 5.91 Å². The average Bonchev–Trinajstić information content (AvgIpc) is 3.19. The molecule has 176 valence electrons. The number of ether oxygens (including phenoxy) is 1. The van der Waals surface area contributed by atoms with Crippen LogP contribution in [-0.4, -0.2) is 42.8 Å². The van der Waals surface area contributed by atoms with E-state index in [1.54, 1.807) is 18.2 Å². The summed E-state index contributed by atoms with van der Waals surface area (Å²) in [7, 11) is 1.45. The van der Waals surface area contributed by atoms with Crippen LogP contribution >= 0.6 is 0 Å². The predicted molar refractivity (Wildman–Crippen MR) is 129 cm³/mol. The Morgan fingerprint density at radius 1 is 1.03 bits per heavy atom. The zero-order valence-electron chi connectivity index (χ0n) is 19.0. The summed E-state index contributed by atoms with van der Waals surface area (Å²) in [4.78, 5) is 38.2. The largest absolute Gasteiger partial charge is 0.481 e. The first-order valence-corrected chi connectivity index (χ1v) is 11.0. The van der Waals surface area contributed by atoms with Crippen LogP contribution < -0.4 is 10.2 Å². The smallest absolute Gasteiger partial charge is 0.407 e. The average molecular weight is 469 g/mol. The van der Waals surface area contributed by atoms with E-state index in [9.17, 15) is 19.5 Å². The van der Waals surface area contributed by atoms with Gasteiger partial charge >= 0.3 is 12.1 Å². The van der Waals surface area contributed by atoms with Crippen molar-refractivity contribution >= 4 is 23.7 Å². The van der Waals surface area contributed by atoms with Crippen molar-refractivity contribution in [2.45, 2.75) is 18.4 Å². The molecular formula is C27H23N3O5. The molecule has 1 unspecified atom stereocenters. The van der Waals surface area contributed by atoms with Gasteiger partial charge in [-0.25, -0.2) is 4.79 Å². The van der Waals surface area contributed by atoms with Crippen LogP contribution in [0, 0.1) is 11.3 Å². The molecule has 0 aromatic heterocycles. The number of carboxylic acids is 1. The predicted octanol–water partition coefficient (Wildman–Crippen LogP) is 3.90. The minimum atomic E-state index is -1.35. The second-order valence-electron chi connectivity index (χ2n) is 8.18. The Balaban J connectivity index is 1.46. The summed E-state index contributed by atoms with van der Waals surface area (Å²) >= 11 is 0. The lowest BCUT2D eigenvalue weighted by atomic mass is 9.98. The highest BCUT2D eigenvalue weighted by Gasteiger charge is 2.31. The Bertz CT molecular complexity index is 1280. The van der Waals surface area contributed by atoms with E-state index in [1.807, 2.05) is 54.6 Å². The summed E-state index contributed by atoms with van der Waals surface area (Å²) in [6.45, 7) is 0.0356. The third-order valence-corrected chi connectivity index (χ3v) is 6.01. The number of amides is 2. The van der Waals surface area contributed by atoms with E-state index < -0.39 is 30.4 Å². The lowest BCUT2D eigenvalue weighted by molar-refractivity contribution is -0.139. The van der Waals surface area contributed by atoms with Crippen molar-refractivity contribution in [2.24, 2.45) is 0 Å². The molecule has 0 bridgehead atoms. The van der Waals surface area contributed by atoms with E-state index in [0.29, 0.717) is 11.3 Å². The number of fused-ring (bicyclic) bond motifs is 3. The maximum Gasteiger partial charge on any atom is 0.407 e. The Kier molecular flexibility index (Phi) is 6.78. The number of nitrogens with one attached hydrogen (secondary N) is 1. The number of alkyl carbamates (subject to hydrolysis) is 1. The summed E-state index contributed by atoms with van der Waals surface area (Å²) < 4.78 is 5.47. The summed E-state index contributed by atoms with van der Waals surface area (Å²) in [5.41, 5.74) is 4.99. The molecule has 0 saturated heterocycles. The molecule has 0 spiro atoms. The standard InChI is InChI=1S/C27H23N3O5/c1-30(18-8-6-7-17(13-18)15-28)26(33)24(14-25(31)32)29-27(34)35-16-23-21-11-4-2-9-19(21)20-10-3-5-12-22(20)23/h2-13,23-24H,14,16H2,1H3,(H,29,34)(H,31,32). The van der Waals surface area contributed by atoms with Crippen LogP contribution in [0.25, 0.3) is 11.1 Å². The number of rotatable bonds is 7. The molecule has 1 atom stereocenters. The fourth-order valence-corrected chi connectivity index (χ4v) is 4.30. The van der Waals surface area contributed by atoms with Gasteiger partial charge in [0.25, 0.3) is 0 Å². The Labute approximate surface area is 202 Å². The van der Waals surface area contributed by atoms with Gasteiger partial charge in [0.1, 0.15) is 12.6 Å². The van der Waals surface area contributed by atoms with Crippen LogP contribution in [0.2, 0.25) is 0 Å². The van der Waals surface area contributed by atoms with Gasteiger partial charge in [-0.3, -0.25) is 9.59 Å². The molecule has 0 radical (unpaired) electrons. The Hall–Kier alpha value is -4.64. The van der Waals surface area contributed by atoms with Gasteiger partial charge in [-0.05, 0) is 40.5 Å². The Morgan fingerprint density at radius 3 is 2.26 bits per heavy atom. The number of carbonyl (C=O) groups is 3. The van der Waals surface area contributed by atoms with Crippen molar-refractivity contribution in [3.05, 3.63) is 89.5 Å². The fraction of sp³-hybridized carbons (Fsp3) is 0.185. The molecule has 0 aliphatic heterocycles. The first kappa shape index (κ1) is 23.5. The van der Waals surface area contributed by atoms with Crippen molar-refractivity contribution in [1.29, 1.82) is 5.26 Å². The number of carbonyl (C=O) groups excluding carboxylic acids is 2. The van der Waals surface area contributed by atoms with Crippen molar-refractivity contribution in [3.8, 4) is 17.2 Å². The number of aliphatic carboxylic acids is 1. The molecule has 1 aliphatic carbocycles. The van der Waals surface area contributed by atoms with Gasteiger partial charge in [-0.1, -0.05) is 54.6 Å². The van der Waals surface area contributed by atoms with Crippen molar-refractivity contribution in [1.82, 2.24) is 5.32 Å². The van der Waals surface area contributed by atoms with E-state index in [4.69, 9.17) is 10.00 Å². The highest BCUT2D eigenvalue weighted by molar-refractivity contribution is 6.00. The van der Waals surface area contributed by atoms with Gasteiger partial charge in [0.05, 0.1) is 18.1 Å². The highest BCUT2D eigenvalue weighted by atomic mass is 16.5. The number of anilines is 1. The fourth-order valence-electron chi connectivity index (χ4n) is 4.30. The van der Waals surface area contributed by atoms with E-state index in [2.05, 4.69) is 5.32 Å². The van der Waals surface area contributed by atoms with Gasteiger partial charge in [0.15, 0.2) is 0 Å². The van der Waals surface area contributed by atoms with Gasteiger partial charge in [-0.2, -0.15) is 5.26 Å². The Morgan fingerprint density at radius 2 is 1.66 bits per heavy atom. The molecule has 8 nitrogen and oxygen atoms in total. The molecule has 4 rings (SSSR count). The monoisotopic (exact) mass is 469 g/mol. The lowest BCUT2D eigenvalue weighted by Gasteiger charge is -2.24. The quantitative estimate of drug-likeness (QED) is 0.542. The number of nitriles is 1. The molecule has 2 N–H and O–H groups in total. The van der Waals surface area contributed by atoms with E-state index in [0.717, 1.165) is 22.3 Å². The molecule has 3 aromatic rings. The molecule has 2 amide bonds. The number of hydrogen-bond acceptors (Lipinski definition) is 5. The van der Waals surface area contributed by atoms with E-state index in [1.165, 1.54) is 18.0 Å². The SMILES string of the molecule is CN(C(=O)C(CC(=O)O)NC(=O)OCC1c2ccccc2-c2ccccc21)c1cccc(C#N)c1. The molecule has 0 heterocycles. The number of carboxylic acid groups (broad SMARTS) is 1. The van der Waals surface area contributed by atoms with Crippen molar-refractivity contribution < 1.29 is 24.2 Å². The highest BCUT2D eigenvalue weighted by Crippen LogP contribution is 2.44. The molecule has 1 aliphatic rings. The molecule has 0 fully saturated rings. The van der Waals surface area contributed by atoms with Crippen LogP contribution in [0.3, 0.4) is 0 Å². The normalized spacial score (nSPS) is 12.6. The van der Waals surface area contributed by atoms with E-state index in [-0.39, 0.29) is 12.5 Å². The van der Waals surface area contributed by atoms with Crippen molar-refractivity contribution in [2.75, 3.05) is 18.6 Å². The lowest BCUT2D eigenvalue weighted by Crippen LogP contribution is -2.49. The minimum Gasteiger partial charge on any atom is -0.481 e. The van der Waals surface area contributed by atoms with Gasteiger partial charge in [-0.15, -0.1) is 0 Å².